The predicted molar refractivity (Wildman–Crippen MR) is 55.7 cm³/mol. The summed E-state index contributed by atoms with van der Waals surface area (Å²) < 4.78 is 1.96. The number of nitrogens with zero attached hydrogens (tertiary/aromatic N) is 3. The van der Waals surface area contributed by atoms with Crippen molar-refractivity contribution in [3.63, 3.8) is 0 Å². The van der Waals surface area contributed by atoms with Crippen molar-refractivity contribution in [3.05, 3.63) is 36.7 Å². The lowest BCUT2D eigenvalue weighted by atomic mass is 10.3. The Morgan fingerprint density at radius 3 is 2.73 bits per heavy atom. The fourth-order valence-electron chi connectivity index (χ4n) is 0.649. The Morgan fingerprint density at radius 1 is 1.45 bits per heavy atom. The standard InChI is InChI=1S/C6H3BrIN3/c7-4-1-5(8)3-6(2-4)10-11-9/h1-3H. The summed E-state index contributed by atoms with van der Waals surface area (Å²) in [7, 11) is 0. The predicted octanol–water partition coefficient (Wildman–Crippen LogP) is 4.00. The first-order valence-electron chi connectivity index (χ1n) is 2.73. The van der Waals surface area contributed by atoms with Crippen molar-refractivity contribution in [2.75, 3.05) is 0 Å². The van der Waals surface area contributed by atoms with Crippen LogP contribution in [-0.4, -0.2) is 0 Å². The molecule has 56 valence electrons. The molecule has 0 amide bonds. The van der Waals surface area contributed by atoms with E-state index in [0.29, 0.717) is 5.69 Å². The Hall–Kier alpha value is -0.260. The molecule has 1 aromatic rings. The minimum atomic E-state index is 0.631. The topological polar surface area (TPSA) is 48.8 Å². The van der Waals surface area contributed by atoms with Crippen LogP contribution in [0, 0.1) is 3.57 Å². The summed E-state index contributed by atoms with van der Waals surface area (Å²) in [5.41, 5.74) is 8.77. The van der Waals surface area contributed by atoms with Crippen molar-refractivity contribution in [1.82, 2.24) is 0 Å². The molecule has 0 saturated carbocycles. The molecule has 3 nitrogen and oxygen atoms in total. The van der Waals surface area contributed by atoms with Crippen LogP contribution in [0.5, 0.6) is 0 Å². The van der Waals surface area contributed by atoms with Gasteiger partial charge in [0.1, 0.15) is 0 Å². The number of halogens is 2. The minimum absolute atomic E-state index is 0.631. The van der Waals surface area contributed by atoms with Gasteiger partial charge in [0.15, 0.2) is 0 Å². The molecule has 0 heterocycles. The van der Waals surface area contributed by atoms with Gasteiger partial charge in [-0.2, -0.15) is 0 Å². The molecular formula is C6H3BrIN3. The van der Waals surface area contributed by atoms with Crippen molar-refractivity contribution >= 4 is 44.2 Å². The number of hydrogen-bond donors (Lipinski definition) is 0. The summed E-state index contributed by atoms with van der Waals surface area (Å²) in [5.74, 6) is 0. The van der Waals surface area contributed by atoms with E-state index in [1.807, 2.05) is 12.1 Å². The average molecular weight is 324 g/mol. The van der Waals surface area contributed by atoms with Crippen LogP contribution in [-0.2, 0) is 0 Å². The van der Waals surface area contributed by atoms with E-state index in [-0.39, 0.29) is 0 Å². The van der Waals surface area contributed by atoms with Crippen LogP contribution < -0.4 is 0 Å². The van der Waals surface area contributed by atoms with Crippen LogP contribution in [0.15, 0.2) is 27.8 Å². The van der Waals surface area contributed by atoms with E-state index in [1.165, 1.54) is 0 Å². The summed E-state index contributed by atoms with van der Waals surface area (Å²) >= 11 is 5.45. The lowest BCUT2D eigenvalue weighted by Gasteiger charge is -1.94. The van der Waals surface area contributed by atoms with Gasteiger partial charge >= 0.3 is 0 Å². The lowest BCUT2D eigenvalue weighted by Crippen LogP contribution is -1.70. The number of azide groups is 1. The molecule has 0 atom stereocenters. The van der Waals surface area contributed by atoms with Gasteiger partial charge < -0.3 is 0 Å². The maximum Gasteiger partial charge on any atom is 0.0397 e. The van der Waals surface area contributed by atoms with Crippen LogP contribution in [0.1, 0.15) is 0 Å². The Kier molecular flexibility index (Phi) is 3.16. The summed E-state index contributed by atoms with van der Waals surface area (Å²) in [6.07, 6.45) is 0. The SMILES string of the molecule is [N-]=[N+]=Nc1cc(Br)cc(I)c1. The van der Waals surface area contributed by atoms with Gasteiger partial charge in [-0.25, -0.2) is 0 Å². The Morgan fingerprint density at radius 2 is 2.18 bits per heavy atom. The van der Waals surface area contributed by atoms with Crippen LogP contribution >= 0.6 is 38.5 Å². The molecular weight excluding hydrogens is 321 g/mol. The molecule has 1 aromatic carbocycles. The molecule has 0 fully saturated rings. The summed E-state index contributed by atoms with van der Waals surface area (Å²) in [6, 6.07) is 5.52. The van der Waals surface area contributed by atoms with Crippen LogP contribution in [0.25, 0.3) is 10.4 Å². The first-order valence-corrected chi connectivity index (χ1v) is 4.61. The van der Waals surface area contributed by atoms with E-state index >= 15 is 0 Å². The molecule has 0 aliphatic rings. The van der Waals surface area contributed by atoms with Crippen LogP contribution in [0.2, 0.25) is 0 Å². The van der Waals surface area contributed by atoms with E-state index in [4.69, 9.17) is 5.53 Å². The number of hydrogen-bond acceptors (Lipinski definition) is 1. The third-order valence-corrected chi connectivity index (χ3v) is 2.09. The van der Waals surface area contributed by atoms with E-state index < -0.39 is 0 Å². The van der Waals surface area contributed by atoms with Crippen LogP contribution in [0.3, 0.4) is 0 Å². The highest BCUT2D eigenvalue weighted by Crippen LogP contribution is 2.22. The summed E-state index contributed by atoms with van der Waals surface area (Å²) in [6.45, 7) is 0. The zero-order valence-electron chi connectivity index (χ0n) is 5.33. The maximum atomic E-state index is 8.14. The van der Waals surface area contributed by atoms with Gasteiger partial charge in [-0.3, -0.25) is 0 Å². The molecule has 0 aliphatic heterocycles. The largest absolute Gasteiger partial charge is 0.0607 e. The Bertz CT molecular complexity index is 299. The normalized spacial score (nSPS) is 8.91. The van der Waals surface area contributed by atoms with Gasteiger partial charge in [0.2, 0.25) is 0 Å². The molecule has 0 N–H and O–H groups in total. The molecule has 0 bridgehead atoms. The smallest absolute Gasteiger partial charge is 0.0397 e. The highest BCUT2D eigenvalue weighted by molar-refractivity contribution is 14.1. The fraction of sp³-hybridized carbons (Fsp3) is 0. The third kappa shape index (κ3) is 2.69. The number of rotatable bonds is 1. The second-order valence-corrected chi connectivity index (χ2v) is 3.98. The van der Waals surface area contributed by atoms with E-state index in [2.05, 4.69) is 48.5 Å². The highest BCUT2D eigenvalue weighted by atomic mass is 127. The maximum absolute atomic E-state index is 8.14. The van der Waals surface area contributed by atoms with Crippen molar-refractivity contribution in [2.45, 2.75) is 0 Å². The zero-order chi connectivity index (χ0) is 8.27. The van der Waals surface area contributed by atoms with Crippen molar-refractivity contribution in [1.29, 1.82) is 0 Å². The molecule has 0 aromatic heterocycles. The van der Waals surface area contributed by atoms with Crippen molar-refractivity contribution < 1.29 is 0 Å². The van der Waals surface area contributed by atoms with Gasteiger partial charge in [0, 0.05) is 18.6 Å². The molecule has 5 heteroatoms. The molecule has 0 radical (unpaired) electrons. The Balaban J connectivity index is 3.18. The van der Waals surface area contributed by atoms with Crippen molar-refractivity contribution in [2.24, 2.45) is 5.11 Å². The quantitative estimate of drug-likeness (QED) is 0.325. The van der Waals surface area contributed by atoms with Gasteiger partial charge in [0.05, 0.1) is 0 Å². The monoisotopic (exact) mass is 323 g/mol. The fourth-order valence-corrected chi connectivity index (χ4v) is 2.21. The number of benzene rings is 1. The summed E-state index contributed by atoms with van der Waals surface area (Å²) in [5, 5.41) is 3.47. The summed E-state index contributed by atoms with van der Waals surface area (Å²) in [4.78, 5) is 2.69. The first kappa shape index (κ1) is 8.83. The molecule has 11 heavy (non-hydrogen) atoms. The van der Waals surface area contributed by atoms with Crippen LogP contribution in [0.4, 0.5) is 5.69 Å². The molecule has 0 aliphatic carbocycles. The zero-order valence-corrected chi connectivity index (χ0v) is 9.07. The Labute approximate surface area is 85.7 Å². The molecule has 0 saturated heterocycles. The lowest BCUT2D eigenvalue weighted by molar-refractivity contribution is 1.45. The third-order valence-electron chi connectivity index (χ3n) is 1.01. The highest BCUT2D eigenvalue weighted by Gasteiger charge is 1.93. The second-order valence-electron chi connectivity index (χ2n) is 1.82. The second kappa shape index (κ2) is 3.94. The van der Waals surface area contributed by atoms with Crippen molar-refractivity contribution in [3.8, 4) is 0 Å². The average Bonchev–Trinajstić information content (AvgIpc) is 1.85. The van der Waals surface area contributed by atoms with E-state index in [1.54, 1.807) is 6.07 Å². The van der Waals surface area contributed by atoms with E-state index in [0.717, 1.165) is 8.04 Å². The molecule has 0 unspecified atom stereocenters. The van der Waals surface area contributed by atoms with E-state index in [9.17, 15) is 0 Å². The molecule has 1 rings (SSSR count). The first-order chi connectivity index (χ1) is 5.22. The molecule has 0 spiro atoms. The van der Waals surface area contributed by atoms with Gasteiger partial charge in [-0.05, 0) is 46.3 Å². The van der Waals surface area contributed by atoms with Gasteiger partial charge in [-0.15, -0.1) is 0 Å². The van der Waals surface area contributed by atoms with Gasteiger partial charge in [-0.1, -0.05) is 21.0 Å². The minimum Gasteiger partial charge on any atom is -0.0607 e. The van der Waals surface area contributed by atoms with Gasteiger partial charge in [0.25, 0.3) is 0 Å².